The number of rotatable bonds is 1. The molecule has 52 valence electrons. The van der Waals surface area contributed by atoms with Gasteiger partial charge in [0.1, 0.15) is 0 Å². The Morgan fingerprint density at radius 1 is 1.56 bits per heavy atom. The minimum Gasteiger partial charge on any atom is -0.294 e. The third kappa shape index (κ3) is 1.81. The molecule has 1 aliphatic rings. The SMILES string of the molecule is CCC1C=NC(C)CC1. The van der Waals surface area contributed by atoms with E-state index in [0.29, 0.717) is 6.04 Å². The molecule has 1 nitrogen and oxygen atoms in total. The van der Waals surface area contributed by atoms with Gasteiger partial charge in [-0.2, -0.15) is 0 Å². The maximum absolute atomic E-state index is 4.36. The second-order valence-corrected chi connectivity index (χ2v) is 2.89. The van der Waals surface area contributed by atoms with Crippen molar-refractivity contribution in [1.29, 1.82) is 0 Å². The van der Waals surface area contributed by atoms with Crippen molar-refractivity contribution in [2.45, 2.75) is 39.2 Å². The first-order chi connectivity index (χ1) is 4.33. The quantitative estimate of drug-likeness (QED) is 0.509. The summed E-state index contributed by atoms with van der Waals surface area (Å²) in [5.41, 5.74) is 0. The van der Waals surface area contributed by atoms with E-state index in [1.807, 2.05) is 0 Å². The van der Waals surface area contributed by atoms with Crippen molar-refractivity contribution in [3.05, 3.63) is 0 Å². The lowest BCUT2D eigenvalue weighted by atomic mass is 9.96. The number of hydrogen-bond acceptors (Lipinski definition) is 1. The van der Waals surface area contributed by atoms with Gasteiger partial charge in [-0.3, -0.25) is 4.99 Å². The molecule has 0 fully saturated rings. The van der Waals surface area contributed by atoms with Gasteiger partial charge in [-0.25, -0.2) is 0 Å². The summed E-state index contributed by atoms with van der Waals surface area (Å²) in [5, 5.41) is 0. The highest BCUT2D eigenvalue weighted by Gasteiger charge is 2.10. The Hall–Kier alpha value is -0.330. The summed E-state index contributed by atoms with van der Waals surface area (Å²) in [5.74, 6) is 0.779. The molecule has 1 aliphatic heterocycles. The second-order valence-electron chi connectivity index (χ2n) is 2.89. The average Bonchev–Trinajstić information content (AvgIpc) is 1.90. The predicted molar refractivity (Wildman–Crippen MR) is 41.0 cm³/mol. The van der Waals surface area contributed by atoms with Crippen LogP contribution >= 0.6 is 0 Å². The molecule has 1 heterocycles. The summed E-state index contributed by atoms with van der Waals surface area (Å²) in [7, 11) is 0. The van der Waals surface area contributed by atoms with Crippen LogP contribution in [0.4, 0.5) is 0 Å². The molecule has 0 bridgehead atoms. The average molecular weight is 125 g/mol. The lowest BCUT2D eigenvalue weighted by molar-refractivity contribution is 0.508. The molecule has 0 saturated carbocycles. The third-order valence-corrected chi connectivity index (χ3v) is 2.03. The first-order valence-electron chi connectivity index (χ1n) is 3.86. The Bertz CT molecular complexity index is 107. The molecule has 0 aromatic rings. The smallest absolute Gasteiger partial charge is 0.0467 e. The monoisotopic (exact) mass is 125 g/mol. The van der Waals surface area contributed by atoms with Crippen LogP contribution in [0, 0.1) is 5.92 Å². The Morgan fingerprint density at radius 3 is 2.78 bits per heavy atom. The Labute approximate surface area is 57.2 Å². The predicted octanol–water partition coefficient (Wildman–Crippen LogP) is 2.27. The lowest BCUT2D eigenvalue weighted by Gasteiger charge is -2.17. The van der Waals surface area contributed by atoms with Crippen molar-refractivity contribution in [3.8, 4) is 0 Å². The molecule has 9 heavy (non-hydrogen) atoms. The fourth-order valence-electron chi connectivity index (χ4n) is 1.18. The van der Waals surface area contributed by atoms with E-state index >= 15 is 0 Å². The topological polar surface area (TPSA) is 12.4 Å². The van der Waals surface area contributed by atoms with Crippen LogP contribution < -0.4 is 0 Å². The van der Waals surface area contributed by atoms with Gasteiger partial charge in [-0.15, -0.1) is 0 Å². The van der Waals surface area contributed by atoms with Crippen LogP contribution in [-0.2, 0) is 0 Å². The highest BCUT2D eigenvalue weighted by atomic mass is 14.8. The van der Waals surface area contributed by atoms with E-state index < -0.39 is 0 Å². The number of hydrogen-bond donors (Lipinski definition) is 0. The molecular weight excluding hydrogens is 110 g/mol. The number of nitrogens with zero attached hydrogens (tertiary/aromatic N) is 1. The van der Waals surface area contributed by atoms with E-state index in [1.54, 1.807) is 0 Å². The molecule has 0 radical (unpaired) electrons. The van der Waals surface area contributed by atoms with Crippen molar-refractivity contribution in [2.24, 2.45) is 10.9 Å². The first-order valence-corrected chi connectivity index (χ1v) is 3.86. The summed E-state index contributed by atoms with van der Waals surface area (Å²) in [6.07, 6.45) is 6.03. The van der Waals surface area contributed by atoms with Crippen molar-refractivity contribution < 1.29 is 0 Å². The highest BCUT2D eigenvalue weighted by Crippen LogP contribution is 2.16. The Kier molecular flexibility index (Phi) is 2.26. The fraction of sp³-hybridized carbons (Fsp3) is 0.875. The highest BCUT2D eigenvalue weighted by molar-refractivity contribution is 5.61. The summed E-state index contributed by atoms with van der Waals surface area (Å²) in [6, 6.07) is 0.591. The zero-order valence-electron chi connectivity index (χ0n) is 6.30. The van der Waals surface area contributed by atoms with Crippen LogP contribution in [0.5, 0.6) is 0 Å². The molecule has 0 amide bonds. The Balaban J connectivity index is 2.38. The summed E-state index contributed by atoms with van der Waals surface area (Å²) in [6.45, 7) is 4.41. The molecule has 2 atom stereocenters. The molecule has 2 unspecified atom stereocenters. The third-order valence-electron chi connectivity index (χ3n) is 2.03. The normalized spacial score (nSPS) is 34.9. The fourth-order valence-corrected chi connectivity index (χ4v) is 1.18. The van der Waals surface area contributed by atoms with Gasteiger partial charge >= 0.3 is 0 Å². The standard InChI is InChI=1S/C8H15N/c1-3-8-5-4-7(2)9-6-8/h6-8H,3-5H2,1-2H3. The van der Waals surface area contributed by atoms with Crippen molar-refractivity contribution in [3.63, 3.8) is 0 Å². The van der Waals surface area contributed by atoms with Crippen LogP contribution in [0.1, 0.15) is 33.1 Å². The van der Waals surface area contributed by atoms with Gasteiger partial charge in [0.2, 0.25) is 0 Å². The molecule has 0 aromatic heterocycles. The van der Waals surface area contributed by atoms with Gasteiger partial charge in [0, 0.05) is 12.3 Å². The van der Waals surface area contributed by atoms with E-state index in [0.717, 1.165) is 5.92 Å². The Morgan fingerprint density at radius 2 is 2.33 bits per heavy atom. The van der Waals surface area contributed by atoms with Crippen molar-refractivity contribution >= 4 is 6.21 Å². The maximum Gasteiger partial charge on any atom is 0.0467 e. The van der Waals surface area contributed by atoms with E-state index in [2.05, 4.69) is 25.1 Å². The van der Waals surface area contributed by atoms with Gasteiger partial charge in [0.15, 0.2) is 0 Å². The van der Waals surface area contributed by atoms with Crippen molar-refractivity contribution in [2.75, 3.05) is 0 Å². The molecule has 1 rings (SSSR count). The first kappa shape index (κ1) is 6.79. The second kappa shape index (κ2) is 3.00. The van der Waals surface area contributed by atoms with Gasteiger partial charge in [-0.1, -0.05) is 6.92 Å². The van der Waals surface area contributed by atoms with Crippen LogP contribution in [0.15, 0.2) is 4.99 Å². The summed E-state index contributed by atoms with van der Waals surface area (Å²) < 4.78 is 0. The number of aliphatic imine (C=N–C) groups is 1. The summed E-state index contributed by atoms with van der Waals surface area (Å²) in [4.78, 5) is 4.36. The molecule has 0 spiro atoms. The molecule has 0 N–H and O–H groups in total. The van der Waals surface area contributed by atoms with E-state index in [1.165, 1.54) is 19.3 Å². The van der Waals surface area contributed by atoms with Crippen LogP contribution in [0.25, 0.3) is 0 Å². The molecule has 0 aliphatic carbocycles. The summed E-state index contributed by atoms with van der Waals surface area (Å²) >= 11 is 0. The van der Waals surface area contributed by atoms with Gasteiger partial charge in [0.25, 0.3) is 0 Å². The van der Waals surface area contributed by atoms with E-state index in [4.69, 9.17) is 0 Å². The zero-order chi connectivity index (χ0) is 6.69. The molecule has 1 heteroatoms. The molecule has 0 aromatic carbocycles. The van der Waals surface area contributed by atoms with E-state index in [-0.39, 0.29) is 0 Å². The van der Waals surface area contributed by atoms with Crippen LogP contribution in [-0.4, -0.2) is 12.3 Å². The maximum atomic E-state index is 4.36. The van der Waals surface area contributed by atoms with E-state index in [9.17, 15) is 0 Å². The minimum absolute atomic E-state index is 0.591. The lowest BCUT2D eigenvalue weighted by Crippen LogP contribution is -2.12. The van der Waals surface area contributed by atoms with Crippen molar-refractivity contribution in [1.82, 2.24) is 0 Å². The van der Waals surface area contributed by atoms with Crippen LogP contribution in [0.3, 0.4) is 0 Å². The largest absolute Gasteiger partial charge is 0.294 e. The molecular formula is C8H15N. The van der Waals surface area contributed by atoms with Gasteiger partial charge in [-0.05, 0) is 32.1 Å². The molecule has 0 saturated heterocycles. The minimum atomic E-state index is 0.591. The van der Waals surface area contributed by atoms with Crippen LogP contribution in [0.2, 0.25) is 0 Å². The van der Waals surface area contributed by atoms with Gasteiger partial charge < -0.3 is 0 Å². The zero-order valence-corrected chi connectivity index (χ0v) is 6.30. The van der Waals surface area contributed by atoms with Gasteiger partial charge in [0.05, 0.1) is 0 Å².